The van der Waals surface area contributed by atoms with Crippen LogP contribution in [-0.2, 0) is 0 Å². The zero-order chi connectivity index (χ0) is 23.8. The lowest BCUT2D eigenvalue weighted by molar-refractivity contribution is -0.394. The maximum absolute atomic E-state index is 13.4. The summed E-state index contributed by atoms with van der Waals surface area (Å²) >= 11 is 0. The van der Waals surface area contributed by atoms with E-state index in [2.05, 4.69) is 15.1 Å². The highest BCUT2D eigenvalue weighted by atomic mass is 19.1. The van der Waals surface area contributed by atoms with Gasteiger partial charge in [0.05, 0.1) is 44.5 Å². The number of hydrogen-bond acceptors (Lipinski definition) is 7. The van der Waals surface area contributed by atoms with Gasteiger partial charge in [-0.15, -0.1) is 0 Å². The number of fused-ring (bicyclic) bond motifs is 1. The first kappa shape index (κ1) is 20.8. The van der Waals surface area contributed by atoms with E-state index in [4.69, 9.17) is 0 Å². The molecule has 0 radical (unpaired) electrons. The van der Waals surface area contributed by atoms with Gasteiger partial charge >= 0.3 is 5.69 Å². The molecule has 5 rings (SSSR count). The van der Waals surface area contributed by atoms with E-state index in [9.17, 15) is 24.6 Å². The molecule has 0 saturated heterocycles. The van der Waals surface area contributed by atoms with E-state index in [1.54, 1.807) is 18.2 Å². The van der Waals surface area contributed by atoms with Crippen LogP contribution in [0.2, 0.25) is 0 Å². The number of benzene rings is 3. The summed E-state index contributed by atoms with van der Waals surface area (Å²) in [7, 11) is 0. The number of aromatic nitrogens is 4. The molecular formula is C23H13FN6O4. The third kappa shape index (κ3) is 3.71. The number of hydrogen-bond donors (Lipinski definition) is 0. The van der Waals surface area contributed by atoms with E-state index in [1.807, 2.05) is 12.1 Å². The lowest BCUT2D eigenvalue weighted by Gasteiger charge is -2.08. The van der Waals surface area contributed by atoms with Crippen LogP contribution >= 0.6 is 0 Å². The summed E-state index contributed by atoms with van der Waals surface area (Å²) in [6.07, 6.45) is 1.52. The maximum Gasteiger partial charge on any atom is 0.301 e. The minimum atomic E-state index is -0.711. The molecule has 0 amide bonds. The molecule has 2 heterocycles. The minimum absolute atomic E-state index is 0.00826. The molecule has 0 saturated carbocycles. The molecule has 0 bridgehead atoms. The van der Waals surface area contributed by atoms with Gasteiger partial charge in [-0.2, -0.15) is 5.10 Å². The van der Waals surface area contributed by atoms with Crippen LogP contribution in [0.4, 0.5) is 15.8 Å². The molecule has 5 aromatic rings. The van der Waals surface area contributed by atoms with Crippen LogP contribution in [0.15, 0.2) is 79.0 Å². The fourth-order valence-corrected chi connectivity index (χ4v) is 3.54. The van der Waals surface area contributed by atoms with Gasteiger partial charge in [0.25, 0.3) is 5.69 Å². The molecule has 3 aromatic carbocycles. The van der Waals surface area contributed by atoms with Gasteiger partial charge in [0.2, 0.25) is 0 Å². The van der Waals surface area contributed by atoms with Crippen molar-refractivity contribution in [1.29, 1.82) is 0 Å². The lowest BCUT2D eigenvalue weighted by Crippen LogP contribution is -2.05. The van der Waals surface area contributed by atoms with Crippen molar-refractivity contribution >= 4 is 22.4 Å². The summed E-state index contributed by atoms with van der Waals surface area (Å²) in [6.45, 7) is 0. The fourth-order valence-electron chi connectivity index (χ4n) is 3.54. The second-order valence-electron chi connectivity index (χ2n) is 7.26. The maximum atomic E-state index is 13.4. The molecule has 0 atom stereocenters. The van der Waals surface area contributed by atoms with Crippen LogP contribution < -0.4 is 0 Å². The van der Waals surface area contributed by atoms with Gasteiger partial charge in [0.15, 0.2) is 0 Å². The average Bonchev–Trinajstić information content (AvgIpc) is 3.29. The quantitative estimate of drug-likeness (QED) is 0.265. The number of halogens is 1. The topological polar surface area (TPSA) is 130 Å². The Labute approximate surface area is 190 Å². The van der Waals surface area contributed by atoms with Gasteiger partial charge < -0.3 is 0 Å². The second-order valence-corrected chi connectivity index (χ2v) is 7.26. The monoisotopic (exact) mass is 456 g/mol. The van der Waals surface area contributed by atoms with Crippen LogP contribution in [0.3, 0.4) is 0 Å². The SMILES string of the molecule is O=[N+]([O-])c1ccc(-n2nc(-c3ccc(F)cc3)cc2-c2cnc3ccccc3n2)c([N+](=O)[O-])c1. The summed E-state index contributed by atoms with van der Waals surface area (Å²) in [4.78, 5) is 30.5. The molecule has 166 valence electrons. The molecular weight excluding hydrogens is 443 g/mol. The molecule has 0 aliphatic carbocycles. The Hall–Kier alpha value is -5.06. The molecule has 0 N–H and O–H groups in total. The summed E-state index contributed by atoms with van der Waals surface area (Å²) in [5, 5.41) is 27.5. The zero-order valence-electron chi connectivity index (χ0n) is 17.2. The van der Waals surface area contributed by atoms with Crippen molar-refractivity contribution in [1.82, 2.24) is 19.7 Å². The Morgan fingerprint density at radius 1 is 0.824 bits per heavy atom. The summed E-state index contributed by atoms with van der Waals surface area (Å²) in [6, 6.07) is 17.8. The number of nitro benzene ring substituents is 2. The van der Waals surface area contributed by atoms with E-state index < -0.39 is 27.0 Å². The van der Waals surface area contributed by atoms with Gasteiger partial charge in [-0.05, 0) is 48.5 Å². The molecule has 0 spiro atoms. The summed E-state index contributed by atoms with van der Waals surface area (Å²) in [5.74, 6) is -0.421. The van der Waals surface area contributed by atoms with Crippen molar-refractivity contribution in [3.63, 3.8) is 0 Å². The van der Waals surface area contributed by atoms with E-state index in [-0.39, 0.29) is 5.69 Å². The highest BCUT2D eigenvalue weighted by Gasteiger charge is 2.25. The molecule has 0 fully saturated rings. The van der Waals surface area contributed by atoms with Crippen LogP contribution in [0.25, 0.3) is 39.4 Å². The number of non-ortho nitro benzene ring substituents is 1. The van der Waals surface area contributed by atoms with Gasteiger partial charge in [0, 0.05) is 11.6 Å². The molecule has 34 heavy (non-hydrogen) atoms. The van der Waals surface area contributed by atoms with Crippen molar-refractivity contribution in [2.45, 2.75) is 0 Å². The van der Waals surface area contributed by atoms with Crippen LogP contribution in [0.5, 0.6) is 0 Å². The van der Waals surface area contributed by atoms with Gasteiger partial charge in [-0.3, -0.25) is 25.2 Å². The minimum Gasteiger partial charge on any atom is -0.258 e. The lowest BCUT2D eigenvalue weighted by atomic mass is 10.1. The Morgan fingerprint density at radius 2 is 1.56 bits per heavy atom. The standard InChI is InChI=1S/C23H13FN6O4/c24-15-7-5-14(6-8-15)19-12-22(20-13-25-17-3-1-2-4-18(17)26-20)28(27-19)21-10-9-16(29(31)32)11-23(21)30(33)34/h1-13H. The van der Waals surface area contributed by atoms with E-state index in [0.29, 0.717) is 33.7 Å². The Kier molecular flexibility index (Phi) is 4.98. The van der Waals surface area contributed by atoms with E-state index in [1.165, 1.54) is 41.2 Å². The molecule has 11 heteroatoms. The largest absolute Gasteiger partial charge is 0.301 e. The normalized spacial score (nSPS) is 11.0. The van der Waals surface area contributed by atoms with Gasteiger partial charge in [-0.1, -0.05) is 12.1 Å². The van der Waals surface area contributed by atoms with Crippen molar-refractivity contribution < 1.29 is 14.2 Å². The van der Waals surface area contributed by atoms with Gasteiger partial charge in [0.1, 0.15) is 17.2 Å². The predicted molar refractivity (Wildman–Crippen MR) is 121 cm³/mol. The first-order valence-electron chi connectivity index (χ1n) is 9.92. The average molecular weight is 456 g/mol. The smallest absolute Gasteiger partial charge is 0.258 e. The zero-order valence-corrected chi connectivity index (χ0v) is 17.2. The summed E-state index contributed by atoms with van der Waals surface area (Å²) in [5.41, 5.74) is 2.08. The van der Waals surface area contributed by atoms with Crippen molar-refractivity contribution in [2.24, 2.45) is 0 Å². The molecule has 0 aliphatic heterocycles. The van der Waals surface area contributed by atoms with Crippen LogP contribution in [0, 0.1) is 26.0 Å². The predicted octanol–water partition coefficient (Wildman–Crippen LogP) is 5.11. The van der Waals surface area contributed by atoms with E-state index in [0.717, 1.165) is 12.1 Å². The van der Waals surface area contributed by atoms with Crippen molar-refractivity contribution in [3.8, 4) is 28.3 Å². The Balaban J connectivity index is 1.76. The number of nitrogens with zero attached hydrogens (tertiary/aromatic N) is 6. The number of nitro groups is 2. The molecule has 10 nitrogen and oxygen atoms in total. The third-order valence-electron chi connectivity index (χ3n) is 5.16. The Morgan fingerprint density at radius 3 is 2.26 bits per heavy atom. The first-order valence-corrected chi connectivity index (χ1v) is 9.92. The van der Waals surface area contributed by atoms with E-state index >= 15 is 0 Å². The number of para-hydroxylation sites is 2. The highest BCUT2D eigenvalue weighted by Crippen LogP contribution is 2.33. The van der Waals surface area contributed by atoms with Crippen molar-refractivity contribution in [2.75, 3.05) is 0 Å². The number of rotatable bonds is 5. The third-order valence-corrected chi connectivity index (χ3v) is 5.16. The molecule has 0 unspecified atom stereocenters. The first-order chi connectivity index (χ1) is 16.4. The molecule has 2 aromatic heterocycles. The van der Waals surface area contributed by atoms with Crippen LogP contribution in [0.1, 0.15) is 0 Å². The molecule has 0 aliphatic rings. The summed E-state index contributed by atoms with van der Waals surface area (Å²) < 4.78 is 14.7. The van der Waals surface area contributed by atoms with Gasteiger partial charge in [-0.25, -0.2) is 14.1 Å². The highest BCUT2D eigenvalue weighted by molar-refractivity contribution is 5.78. The fraction of sp³-hybridized carbons (Fsp3) is 0. The van der Waals surface area contributed by atoms with Crippen LogP contribution in [-0.4, -0.2) is 29.6 Å². The Bertz CT molecular complexity index is 1580. The van der Waals surface area contributed by atoms with Crippen molar-refractivity contribution in [3.05, 3.63) is 105 Å². The second kappa shape index (κ2) is 8.13.